The number of hydrogen-bond acceptors (Lipinski definition) is 4. The second-order valence-corrected chi connectivity index (χ2v) is 2.44. The van der Waals surface area contributed by atoms with E-state index in [1.807, 2.05) is 0 Å². The Morgan fingerprint density at radius 3 is 2.70 bits per heavy atom. The maximum atomic E-state index is 10.1. The van der Waals surface area contributed by atoms with Crippen LogP contribution in [0, 0.1) is 10.1 Å². The molecule has 0 saturated carbocycles. The molecule has 0 amide bonds. The predicted molar refractivity (Wildman–Crippen MR) is 34.0 cm³/mol. The van der Waals surface area contributed by atoms with Crippen LogP contribution in [0.5, 0.6) is 0 Å². The molecule has 1 rings (SSSR count). The molecule has 0 radical (unpaired) electrons. The number of aliphatic hydroxyl groups is 1. The van der Waals surface area contributed by atoms with E-state index in [9.17, 15) is 10.1 Å². The molecule has 2 atom stereocenters. The summed E-state index contributed by atoms with van der Waals surface area (Å²) in [6.45, 7) is 0.286. The van der Waals surface area contributed by atoms with Gasteiger partial charge in [-0.05, 0) is 6.42 Å². The van der Waals surface area contributed by atoms with Gasteiger partial charge in [-0.15, -0.1) is 0 Å². The van der Waals surface area contributed by atoms with Gasteiger partial charge in [0.05, 0.1) is 6.54 Å². The Kier molecular flexibility index (Phi) is 2.18. The number of nitro groups is 1. The fraction of sp³-hybridized carbons (Fsp3) is 1.00. The molecule has 5 heteroatoms. The van der Waals surface area contributed by atoms with Crippen molar-refractivity contribution in [3.8, 4) is 0 Å². The molecule has 1 aliphatic heterocycles. The molecule has 0 aliphatic carbocycles. The Morgan fingerprint density at radius 1 is 1.60 bits per heavy atom. The smallest absolute Gasteiger partial charge is 0.225 e. The highest BCUT2D eigenvalue weighted by atomic mass is 16.6. The Hall–Kier alpha value is -0.680. The lowest BCUT2D eigenvalue weighted by Gasteiger charge is -2.20. The first-order valence-electron chi connectivity index (χ1n) is 3.25. The van der Waals surface area contributed by atoms with Crippen molar-refractivity contribution in [3.05, 3.63) is 10.1 Å². The minimum Gasteiger partial charge on any atom is -0.379 e. The monoisotopic (exact) mass is 146 g/mol. The molecule has 1 saturated heterocycles. The van der Waals surface area contributed by atoms with Crippen LogP contribution in [0.3, 0.4) is 0 Å². The lowest BCUT2D eigenvalue weighted by atomic mass is 10.1. The van der Waals surface area contributed by atoms with Crippen LogP contribution in [0.25, 0.3) is 0 Å². The molecule has 0 spiro atoms. The van der Waals surface area contributed by atoms with Crippen LogP contribution in [-0.4, -0.2) is 28.8 Å². The highest BCUT2D eigenvalue weighted by Crippen LogP contribution is 2.07. The number of aliphatic hydroxyl groups excluding tert-OH is 1. The maximum Gasteiger partial charge on any atom is 0.225 e. The predicted octanol–water partition coefficient (Wildman–Crippen LogP) is -0.667. The minimum absolute atomic E-state index is 0.286. The number of hydrogen-bond donors (Lipinski definition) is 2. The van der Waals surface area contributed by atoms with Gasteiger partial charge in [-0.2, -0.15) is 0 Å². The van der Waals surface area contributed by atoms with Crippen LogP contribution in [0.15, 0.2) is 0 Å². The molecule has 5 nitrogen and oxygen atoms in total. The first-order chi connectivity index (χ1) is 4.70. The van der Waals surface area contributed by atoms with Gasteiger partial charge in [-0.1, -0.05) is 0 Å². The Balaban J connectivity index is 2.33. The third-order valence-electron chi connectivity index (χ3n) is 1.66. The third kappa shape index (κ3) is 1.65. The van der Waals surface area contributed by atoms with Crippen LogP contribution in [0.1, 0.15) is 12.8 Å². The zero-order valence-electron chi connectivity index (χ0n) is 5.49. The Bertz CT molecular complexity index is 131. The summed E-state index contributed by atoms with van der Waals surface area (Å²) in [5.74, 6) is 0. The normalized spacial score (nSPS) is 33.7. The lowest BCUT2D eigenvalue weighted by Crippen LogP contribution is -2.44. The van der Waals surface area contributed by atoms with E-state index in [2.05, 4.69) is 5.32 Å². The summed E-state index contributed by atoms with van der Waals surface area (Å²) in [4.78, 5) is 9.84. The first-order valence-corrected chi connectivity index (χ1v) is 3.25. The lowest BCUT2D eigenvalue weighted by molar-refractivity contribution is -0.524. The van der Waals surface area contributed by atoms with Crippen LogP contribution in [-0.2, 0) is 0 Å². The molecule has 1 aliphatic rings. The molecule has 1 fully saturated rings. The van der Waals surface area contributed by atoms with Gasteiger partial charge >= 0.3 is 0 Å². The fourth-order valence-corrected chi connectivity index (χ4v) is 1.01. The molecule has 10 heavy (non-hydrogen) atoms. The van der Waals surface area contributed by atoms with Crippen molar-refractivity contribution in [2.24, 2.45) is 0 Å². The number of piperidine rings is 1. The van der Waals surface area contributed by atoms with Gasteiger partial charge in [0.2, 0.25) is 6.04 Å². The molecule has 0 aromatic heterocycles. The highest BCUT2D eigenvalue weighted by molar-refractivity contribution is 4.70. The number of nitrogens with one attached hydrogen (secondary N) is 1. The van der Waals surface area contributed by atoms with Crippen molar-refractivity contribution in [1.29, 1.82) is 0 Å². The van der Waals surface area contributed by atoms with Crippen LogP contribution in [0.2, 0.25) is 0 Å². The molecular weight excluding hydrogens is 136 g/mol. The van der Waals surface area contributed by atoms with Crippen molar-refractivity contribution in [3.63, 3.8) is 0 Å². The molecule has 2 unspecified atom stereocenters. The maximum absolute atomic E-state index is 10.1. The van der Waals surface area contributed by atoms with E-state index in [0.29, 0.717) is 12.8 Å². The van der Waals surface area contributed by atoms with Gasteiger partial charge in [-0.25, -0.2) is 0 Å². The van der Waals surface area contributed by atoms with Crippen molar-refractivity contribution >= 4 is 0 Å². The molecular formula is C5H10N2O3. The molecule has 0 aromatic carbocycles. The van der Waals surface area contributed by atoms with E-state index in [1.54, 1.807) is 0 Å². The summed E-state index contributed by atoms with van der Waals surface area (Å²) in [6, 6.07) is -0.511. The standard InChI is InChI=1S/C5H10N2O3/c8-5-2-1-4(3-6-5)7(9)10/h4-6,8H,1-3H2. The highest BCUT2D eigenvalue weighted by Gasteiger charge is 2.26. The van der Waals surface area contributed by atoms with E-state index in [0.717, 1.165) is 0 Å². The minimum atomic E-state index is -0.545. The van der Waals surface area contributed by atoms with E-state index < -0.39 is 12.3 Å². The summed E-state index contributed by atoms with van der Waals surface area (Å²) in [5.41, 5.74) is 0. The number of rotatable bonds is 1. The summed E-state index contributed by atoms with van der Waals surface area (Å²) in [7, 11) is 0. The first kappa shape index (κ1) is 7.43. The van der Waals surface area contributed by atoms with E-state index in [4.69, 9.17) is 5.11 Å². The molecule has 0 aromatic rings. The summed E-state index contributed by atoms with van der Waals surface area (Å²) in [6.07, 6.45) is 0.406. The van der Waals surface area contributed by atoms with Crippen molar-refractivity contribution in [2.45, 2.75) is 25.1 Å². The molecule has 58 valence electrons. The summed E-state index contributed by atoms with van der Waals surface area (Å²) < 4.78 is 0. The molecule has 1 heterocycles. The van der Waals surface area contributed by atoms with Gasteiger partial charge in [0.1, 0.15) is 6.23 Å². The topological polar surface area (TPSA) is 75.4 Å². The van der Waals surface area contributed by atoms with E-state index >= 15 is 0 Å². The third-order valence-corrected chi connectivity index (χ3v) is 1.66. The van der Waals surface area contributed by atoms with Crippen molar-refractivity contribution in [2.75, 3.05) is 6.54 Å². The quantitative estimate of drug-likeness (QED) is 0.380. The second-order valence-electron chi connectivity index (χ2n) is 2.44. The van der Waals surface area contributed by atoms with E-state index in [-0.39, 0.29) is 11.5 Å². The zero-order chi connectivity index (χ0) is 7.56. The van der Waals surface area contributed by atoms with E-state index in [1.165, 1.54) is 0 Å². The SMILES string of the molecule is O=[N+]([O-])C1CCC(O)NC1. The zero-order valence-corrected chi connectivity index (χ0v) is 5.49. The molecule has 2 N–H and O–H groups in total. The van der Waals surface area contributed by atoms with Gasteiger partial charge in [-0.3, -0.25) is 15.4 Å². The van der Waals surface area contributed by atoms with Gasteiger partial charge in [0, 0.05) is 11.3 Å². The Morgan fingerprint density at radius 2 is 2.30 bits per heavy atom. The fourth-order valence-electron chi connectivity index (χ4n) is 1.01. The van der Waals surface area contributed by atoms with Gasteiger partial charge < -0.3 is 5.11 Å². The number of nitrogens with zero attached hydrogens (tertiary/aromatic N) is 1. The van der Waals surface area contributed by atoms with Gasteiger partial charge in [0.25, 0.3) is 0 Å². The van der Waals surface area contributed by atoms with Gasteiger partial charge in [0.15, 0.2) is 0 Å². The molecule has 0 bridgehead atoms. The van der Waals surface area contributed by atoms with Crippen LogP contribution in [0.4, 0.5) is 0 Å². The summed E-state index contributed by atoms with van der Waals surface area (Å²) in [5, 5.41) is 21.6. The average Bonchev–Trinajstić information content (AvgIpc) is 1.88. The van der Waals surface area contributed by atoms with Crippen molar-refractivity contribution < 1.29 is 10.0 Å². The van der Waals surface area contributed by atoms with Crippen LogP contribution >= 0.6 is 0 Å². The van der Waals surface area contributed by atoms with Crippen molar-refractivity contribution in [1.82, 2.24) is 5.32 Å². The summed E-state index contributed by atoms with van der Waals surface area (Å²) >= 11 is 0. The average molecular weight is 146 g/mol. The van der Waals surface area contributed by atoms with Crippen LogP contribution < -0.4 is 5.32 Å². The Labute approximate surface area is 58.2 Å². The largest absolute Gasteiger partial charge is 0.379 e. The second kappa shape index (κ2) is 2.94.